The summed E-state index contributed by atoms with van der Waals surface area (Å²) in [6.07, 6.45) is 1.85. The molecule has 0 aliphatic carbocycles. The van der Waals surface area contributed by atoms with E-state index in [9.17, 15) is 4.79 Å². The third-order valence-corrected chi connectivity index (χ3v) is 5.18. The van der Waals surface area contributed by atoms with Gasteiger partial charge in [0, 0.05) is 0 Å². The van der Waals surface area contributed by atoms with Crippen LogP contribution in [0.15, 0.2) is 52.4 Å². The molecular weight excluding hydrogens is 451 g/mol. The number of amides is 1. The minimum Gasteiger partial charge on any atom is -0.497 e. The van der Waals surface area contributed by atoms with Gasteiger partial charge in [-0.1, -0.05) is 6.07 Å². The highest BCUT2D eigenvalue weighted by Gasteiger charge is 2.23. The molecule has 5 nitrogen and oxygen atoms in total. The molecule has 2 aromatic carbocycles. The van der Waals surface area contributed by atoms with Crippen LogP contribution >= 0.6 is 34.4 Å². The summed E-state index contributed by atoms with van der Waals surface area (Å²) in [5.74, 6) is 1.43. The van der Waals surface area contributed by atoms with Gasteiger partial charge in [-0.2, -0.15) is 0 Å². The molecule has 1 amide bonds. The van der Waals surface area contributed by atoms with Crippen LogP contribution in [-0.4, -0.2) is 25.3 Å². The topological polar surface area (TPSA) is 59.9 Å². The number of nitrogens with zero attached hydrogens (tertiary/aromatic N) is 1. The monoisotopic (exact) mass is 466 g/mol. The number of aliphatic imine (C=N–C) groups is 1. The molecular formula is C18H15IN2O3S. The molecule has 1 saturated heterocycles. The van der Waals surface area contributed by atoms with E-state index < -0.39 is 0 Å². The highest BCUT2D eigenvalue weighted by molar-refractivity contribution is 14.1. The predicted molar refractivity (Wildman–Crippen MR) is 110 cm³/mol. The molecule has 0 saturated carbocycles. The van der Waals surface area contributed by atoms with Gasteiger partial charge in [-0.3, -0.25) is 4.79 Å². The van der Waals surface area contributed by atoms with Crippen molar-refractivity contribution < 1.29 is 14.3 Å². The lowest BCUT2D eigenvalue weighted by Crippen LogP contribution is -2.19. The van der Waals surface area contributed by atoms with Crippen LogP contribution in [0.1, 0.15) is 5.56 Å². The van der Waals surface area contributed by atoms with Gasteiger partial charge in [0.2, 0.25) is 0 Å². The number of halogens is 1. The van der Waals surface area contributed by atoms with E-state index in [4.69, 9.17) is 9.47 Å². The van der Waals surface area contributed by atoms with Gasteiger partial charge in [-0.15, -0.1) is 0 Å². The van der Waals surface area contributed by atoms with Gasteiger partial charge in [0.15, 0.2) is 5.17 Å². The average molecular weight is 466 g/mol. The summed E-state index contributed by atoms with van der Waals surface area (Å²) in [6.45, 7) is 0. The number of thioether (sulfide) groups is 1. The molecule has 0 aromatic heterocycles. The van der Waals surface area contributed by atoms with Crippen LogP contribution in [0.4, 0.5) is 5.69 Å². The smallest absolute Gasteiger partial charge is 0.264 e. The second kappa shape index (κ2) is 7.92. The molecule has 3 rings (SSSR count). The van der Waals surface area contributed by atoms with Gasteiger partial charge in [0.05, 0.1) is 28.4 Å². The Balaban J connectivity index is 1.79. The molecule has 0 radical (unpaired) electrons. The van der Waals surface area contributed by atoms with Crippen molar-refractivity contribution in [2.75, 3.05) is 14.2 Å². The molecule has 1 N–H and O–H groups in total. The first-order valence-electron chi connectivity index (χ1n) is 7.36. The van der Waals surface area contributed by atoms with E-state index in [-0.39, 0.29) is 5.91 Å². The van der Waals surface area contributed by atoms with Crippen LogP contribution < -0.4 is 14.8 Å². The van der Waals surface area contributed by atoms with E-state index in [1.165, 1.54) is 11.8 Å². The number of hydrogen-bond acceptors (Lipinski definition) is 5. The molecule has 7 heteroatoms. The van der Waals surface area contributed by atoms with Gasteiger partial charge in [0.25, 0.3) is 5.91 Å². The maximum atomic E-state index is 12.2. The summed E-state index contributed by atoms with van der Waals surface area (Å²) in [5.41, 5.74) is 1.69. The average Bonchev–Trinajstić information content (AvgIpc) is 2.95. The summed E-state index contributed by atoms with van der Waals surface area (Å²) in [5, 5.41) is 3.35. The van der Waals surface area contributed by atoms with Crippen molar-refractivity contribution >= 4 is 57.2 Å². The van der Waals surface area contributed by atoms with E-state index in [2.05, 4.69) is 32.9 Å². The van der Waals surface area contributed by atoms with Crippen molar-refractivity contribution in [3.05, 3.63) is 56.5 Å². The number of benzene rings is 2. The molecule has 1 aliphatic rings. The SMILES string of the molecule is COc1ccc(N=C2NC(=O)/C(=C\c3ccc(OC)c(I)c3)S2)cc1. The Morgan fingerprint density at radius 2 is 1.88 bits per heavy atom. The second-order valence-electron chi connectivity index (χ2n) is 5.07. The highest BCUT2D eigenvalue weighted by Crippen LogP contribution is 2.30. The fraction of sp³-hybridized carbons (Fsp3) is 0.111. The van der Waals surface area contributed by atoms with Crippen molar-refractivity contribution in [1.29, 1.82) is 0 Å². The number of methoxy groups -OCH3 is 2. The van der Waals surface area contributed by atoms with Crippen molar-refractivity contribution in [2.24, 2.45) is 4.99 Å². The van der Waals surface area contributed by atoms with E-state index >= 15 is 0 Å². The molecule has 0 bridgehead atoms. The predicted octanol–water partition coefficient (Wildman–Crippen LogP) is 4.20. The standard InChI is InChI=1S/C18H15IN2O3S/c1-23-13-6-4-12(5-7-13)20-18-21-17(22)16(25-18)10-11-3-8-15(24-2)14(19)9-11/h3-10H,1-2H3,(H,20,21,22)/b16-10+. The van der Waals surface area contributed by atoms with Gasteiger partial charge < -0.3 is 14.8 Å². The molecule has 1 fully saturated rings. The number of carbonyl (C=O) groups excluding carboxylic acids is 1. The lowest BCUT2D eigenvalue weighted by atomic mass is 10.2. The minimum atomic E-state index is -0.150. The lowest BCUT2D eigenvalue weighted by molar-refractivity contribution is -0.115. The number of nitrogens with one attached hydrogen (secondary N) is 1. The molecule has 1 heterocycles. The van der Waals surface area contributed by atoms with E-state index in [0.29, 0.717) is 10.1 Å². The zero-order chi connectivity index (χ0) is 17.8. The van der Waals surface area contributed by atoms with Crippen LogP contribution in [0.2, 0.25) is 0 Å². The number of carbonyl (C=O) groups is 1. The normalized spacial score (nSPS) is 17.0. The fourth-order valence-corrected chi connectivity index (χ4v) is 3.78. The third-order valence-electron chi connectivity index (χ3n) is 3.43. The van der Waals surface area contributed by atoms with Gasteiger partial charge in [-0.25, -0.2) is 4.99 Å². The first-order chi connectivity index (χ1) is 12.1. The minimum absolute atomic E-state index is 0.150. The molecule has 25 heavy (non-hydrogen) atoms. The van der Waals surface area contributed by atoms with Crippen LogP contribution in [-0.2, 0) is 4.79 Å². The Hall–Kier alpha value is -2.00. The molecule has 128 valence electrons. The molecule has 0 atom stereocenters. The van der Waals surface area contributed by atoms with Crippen molar-refractivity contribution in [3.8, 4) is 11.5 Å². The largest absolute Gasteiger partial charge is 0.497 e. The lowest BCUT2D eigenvalue weighted by Gasteiger charge is -2.03. The Bertz CT molecular complexity index is 863. The van der Waals surface area contributed by atoms with Crippen LogP contribution in [0, 0.1) is 3.57 Å². The second-order valence-corrected chi connectivity index (χ2v) is 7.27. The van der Waals surface area contributed by atoms with Crippen LogP contribution in [0.5, 0.6) is 11.5 Å². The first kappa shape index (κ1) is 17.8. The molecule has 1 aliphatic heterocycles. The van der Waals surface area contributed by atoms with E-state index in [1.54, 1.807) is 14.2 Å². The zero-order valence-corrected chi connectivity index (χ0v) is 16.6. The van der Waals surface area contributed by atoms with Crippen molar-refractivity contribution in [3.63, 3.8) is 0 Å². The summed E-state index contributed by atoms with van der Waals surface area (Å²) in [7, 11) is 3.25. The summed E-state index contributed by atoms with van der Waals surface area (Å²) in [4.78, 5) is 17.2. The molecule has 0 unspecified atom stereocenters. The van der Waals surface area contributed by atoms with Gasteiger partial charge in [-0.05, 0) is 82.4 Å². The zero-order valence-electron chi connectivity index (χ0n) is 13.6. The molecule has 2 aromatic rings. The van der Waals surface area contributed by atoms with Crippen molar-refractivity contribution in [2.45, 2.75) is 0 Å². The quantitative estimate of drug-likeness (QED) is 0.542. The number of ether oxygens (including phenoxy) is 2. The maximum Gasteiger partial charge on any atom is 0.264 e. The Morgan fingerprint density at radius 3 is 2.52 bits per heavy atom. The summed E-state index contributed by atoms with van der Waals surface area (Å²) >= 11 is 3.53. The number of amidine groups is 1. The Morgan fingerprint density at radius 1 is 1.12 bits per heavy atom. The Labute approximate surface area is 163 Å². The van der Waals surface area contributed by atoms with E-state index in [1.807, 2.05) is 48.5 Å². The fourth-order valence-electron chi connectivity index (χ4n) is 2.18. The van der Waals surface area contributed by atoms with E-state index in [0.717, 1.165) is 26.3 Å². The third kappa shape index (κ3) is 4.35. The highest BCUT2D eigenvalue weighted by atomic mass is 127. The first-order valence-corrected chi connectivity index (χ1v) is 9.26. The Kier molecular flexibility index (Phi) is 5.64. The number of hydrogen-bond donors (Lipinski definition) is 1. The van der Waals surface area contributed by atoms with Crippen LogP contribution in [0.25, 0.3) is 6.08 Å². The van der Waals surface area contributed by atoms with Gasteiger partial charge >= 0.3 is 0 Å². The van der Waals surface area contributed by atoms with Crippen molar-refractivity contribution in [1.82, 2.24) is 5.32 Å². The summed E-state index contributed by atoms with van der Waals surface area (Å²) < 4.78 is 11.4. The van der Waals surface area contributed by atoms with Crippen LogP contribution in [0.3, 0.4) is 0 Å². The number of rotatable bonds is 4. The maximum absolute atomic E-state index is 12.2. The van der Waals surface area contributed by atoms with Gasteiger partial charge in [0.1, 0.15) is 11.5 Å². The summed E-state index contributed by atoms with van der Waals surface area (Å²) in [6, 6.07) is 13.1. The molecule has 0 spiro atoms.